The number of carbonyl (C=O) groups excluding carboxylic acids is 2. The topological polar surface area (TPSA) is 95.5 Å². The molecule has 0 aromatic carbocycles. The fourth-order valence-corrected chi connectivity index (χ4v) is 2.64. The number of carboxylic acids is 1. The molecule has 100 valence electrons. The second-order valence-electron chi connectivity index (χ2n) is 5.04. The van der Waals surface area contributed by atoms with Crippen molar-refractivity contribution in [2.45, 2.75) is 38.1 Å². The summed E-state index contributed by atoms with van der Waals surface area (Å²) < 4.78 is 0. The SMILES string of the molecule is O=C1NCCCC1NC(=O)[C@@H]1CC[C@H](C(=O)O)C1. The molecular weight excluding hydrogens is 236 g/mol. The molecule has 0 aromatic rings. The lowest BCUT2D eigenvalue weighted by molar-refractivity contribution is -0.141. The Morgan fingerprint density at radius 3 is 2.56 bits per heavy atom. The van der Waals surface area contributed by atoms with Gasteiger partial charge in [-0.25, -0.2) is 0 Å². The van der Waals surface area contributed by atoms with Gasteiger partial charge in [0, 0.05) is 12.5 Å². The quantitative estimate of drug-likeness (QED) is 0.654. The van der Waals surface area contributed by atoms with Gasteiger partial charge in [-0.2, -0.15) is 0 Å². The molecule has 3 N–H and O–H groups in total. The van der Waals surface area contributed by atoms with E-state index in [1.165, 1.54) is 0 Å². The molecule has 6 nitrogen and oxygen atoms in total. The van der Waals surface area contributed by atoms with E-state index in [4.69, 9.17) is 5.11 Å². The molecule has 1 heterocycles. The summed E-state index contributed by atoms with van der Waals surface area (Å²) in [5, 5.41) is 14.3. The number of rotatable bonds is 3. The smallest absolute Gasteiger partial charge is 0.306 e. The summed E-state index contributed by atoms with van der Waals surface area (Å²) in [6.45, 7) is 0.662. The van der Waals surface area contributed by atoms with Crippen molar-refractivity contribution in [3.8, 4) is 0 Å². The highest BCUT2D eigenvalue weighted by molar-refractivity contribution is 5.89. The van der Waals surface area contributed by atoms with E-state index in [-0.39, 0.29) is 17.7 Å². The Labute approximate surface area is 105 Å². The van der Waals surface area contributed by atoms with Crippen LogP contribution in [-0.2, 0) is 14.4 Å². The van der Waals surface area contributed by atoms with Crippen molar-refractivity contribution in [3.05, 3.63) is 0 Å². The van der Waals surface area contributed by atoms with E-state index in [9.17, 15) is 14.4 Å². The minimum Gasteiger partial charge on any atom is -0.481 e. The minimum absolute atomic E-state index is 0.137. The maximum atomic E-state index is 11.9. The third-order valence-corrected chi connectivity index (χ3v) is 3.75. The Bertz CT molecular complexity index is 369. The first-order chi connectivity index (χ1) is 8.58. The minimum atomic E-state index is -0.833. The highest BCUT2D eigenvalue weighted by atomic mass is 16.4. The van der Waals surface area contributed by atoms with Crippen LogP contribution >= 0.6 is 0 Å². The van der Waals surface area contributed by atoms with Gasteiger partial charge in [-0.1, -0.05) is 0 Å². The van der Waals surface area contributed by atoms with Crippen LogP contribution in [0.5, 0.6) is 0 Å². The molecule has 1 saturated carbocycles. The Kier molecular flexibility index (Phi) is 3.84. The number of carbonyl (C=O) groups is 3. The van der Waals surface area contributed by atoms with Crippen LogP contribution in [0.2, 0.25) is 0 Å². The molecule has 2 fully saturated rings. The summed E-state index contributed by atoms with van der Waals surface area (Å²) in [4.78, 5) is 34.3. The average molecular weight is 254 g/mol. The number of aliphatic carboxylic acids is 1. The molecule has 3 atom stereocenters. The van der Waals surface area contributed by atoms with Crippen LogP contribution < -0.4 is 10.6 Å². The maximum absolute atomic E-state index is 11.9. The maximum Gasteiger partial charge on any atom is 0.306 e. The molecule has 1 saturated heterocycles. The zero-order valence-corrected chi connectivity index (χ0v) is 10.1. The standard InChI is InChI=1S/C12H18N2O4/c15-10(7-3-4-8(6-7)12(17)18)14-9-2-1-5-13-11(9)16/h7-9H,1-6H2,(H,13,16)(H,14,15)(H,17,18)/t7-,8+,9?/m1/s1. The van der Waals surface area contributed by atoms with E-state index in [1.807, 2.05) is 0 Å². The lowest BCUT2D eigenvalue weighted by atomic mass is 10.0. The molecule has 0 radical (unpaired) electrons. The lowest BCUT2D eigenvalue weighted by Gasteiger charge is -2.24. The lowest BCUT2D eigenvalue weighted by Crippen LogP contribution is -2.51. The van der Waals surface area contributed by atoms with Crippen LogP contribution in [0, 0.1) is 11.8 Å². The zero-order chi connectivity index (χ0) is 13.1. The fourth-order valence-electron chi connectivity index (χ4n) is 2.64. The Balaban J connectivity index is 1.85. The highest BCUT2D eigenvalue weighted by Gasteiger charge is 2.35. The van der Waals surface area contributed by atoms with E-state index < -0.39 is 17.9 Å². The first-order valence-corrected chi connectivity index (χ1v) is 6.39. The predicted molar refractivity (Wildman–Crippen MR) is 62.6 cm³/mol. The summed E-state index contributed by atoms with van der Waals surface area (Å²) in [5.74, 6) is -1.83. The molecule has 0 spiro atoms. The summed E-state index contributed by atoms with van der Waals surface area (Å²) >= 11 is 0. The van der Waals surface area contributed by atoms with Gasteiger partial charge >= 0.3 is 5.97 Å². The molecule has 2 amide bonds. The van der Waals surface area contributed by atoms with Crippen molar-refractivity contribution in [3.63, 3.8) is 0 Å². The number of amides is 2. The summed E-state index contributed by atoms with van der Waals surface area (Å²) in [6.07, 6.45) is 3.04. The van der Waals surface area contributed by atoms with E-state index in [1.54, 1.807) is 0 Å². The molecule has 1 unspecified atom stereocenters. The normalized spacial score (nSPS) is 31.8. The number of piperidine rings is 1. The van der Waals surface area contributed by atoms with E-state index in [2.05, 4.69) is 10.6 Å². The Hall–Kier alpha value is -1.59. The van der Waals surface area contributed by atoms with Crippen LogP contribution in [-0.4, -0.2) is 35.5 Å². The third-order valence-electron chi connectivity index (χ3n) is 3.75. The van der Waals surface area contributed by atoms with Gasteiger partial charge in [0.05, 0.1) is 5.92 Å². The van der Waals surface area contributed by atoms with Crippen LogP contribution in [0.1, 0.15) is 32.1 Å². The number of carboxylic acid groups (broad SMARTS) is 1. The van der Waals surface area contributed by atoms with Crippen LogP contribution in [0.4, 0.5) is 0 Å². The van der Waals surface area contributed by atoms with Crippen molar-refractivity contribution >= 4 is 17.8 Å². The third kappa shape index (κ3) is 2.80. The van der Waals surface area contributed by atoms with Crippen molar-refractivity contribution in [1.82, 2.24) is 10.6 Å². The predicted octanol–water partition coefficient (Wildman–Crippen LogP) is -0.118. The van der Waals surface area contributed by atoms with Crippen LogP contribution in [0.25, 0.3) is 0 Å². The highest BCUT2D eigenvalue weighted by Crippen LogP contribution is 2.31. The first kappa shape index (κ1) is 12.9. The van der Waals surface area contributed by atoms with Crippen molar-refractivity contribution in [2.75, 3.05) is 6.54 Å². The van der Waals surface area contributed by atoms with Gasteiger partial charge in [0.25, 0.3) is 0 Å². The summed E-state index contributed by atoms with van der Waals surface area (Å²) in [6, 6.07) is -0.449. The zero-order valence-electron chi connectivity index (χ0n) is 10.1. The molecule has 18 heavy (non-hydrogen) atoms. The van der Waals surface area contributed by atoms with Gasteiger partial charge in [-0.15, -0.1) is 0 Å². The molecule has 2 aliphatic rings. The monoisotopic (exact) mass is 254 g/mol. The molecule has 1 aliphatic heterocycles. The van der Waals surface area contributed by atoms with Crippen LogP contribution in [0.3, 0.4) is 0 Å². The van der Waals surface area contributed by atoms with Gasteiger partial charge in [0.1, 0.15) is 6.04 Å². The largest absolute Gasteiger partial charge is 0.481 e. The molecule has 0 aromatic heterocycles. The van der Waals surface area contributed by atoms with Crippen molar-refractivity contribution < 1.29 is 19.5 Å². The van der Waals surface area contributed by atoms with Gasteiger partial charge in [0.2, 0.25) is 11.8 Å². The summed E-state index contributed by atoms with van der Waals surface area (Å²) in [7, 11) is 0. The van der Waals surface area contributed by atoms with Gasteiger partial charge in [0.15, 0.2) is 0 Å². The number of hydrogen-bond donors (Lipinski definition) is 3. The van der Waals surface area contributed by atoms with Gasteiger partial charge < -0.3 is 15.7 Å². The number of hydrogen-bond acceptors (Lipinski definition) is 3. The molecule has 0 bridgehead atoms. The Morgan fingerprint density at radius 2 is 1.94 bits per heavy atom. The van der Waals surface area contributed by atoms with E-state index in [0.29, 0.717) is 32.2 Å². The average Bonchev–Trinajstić information content (AvgIpc) is 2.81. The van der Waals surface area contributed by atoms with Crippen molar-refractivity contribution in [2.24, 2.45) is 11.8 Å². The van der Waals surface area contributed by atoms with Crippen LogP contribution in [0.15, 0.2) is 0 Å². The number of nitrogens with one attached hydrogen (secondary N) is 2. The van der Waals surface area contributed by atoms with Crippen molar-refractivity contribution in [1.29, 1.82) is 0 Å². The van der Waals surface area contributed by atoms with E-state index >= 15 is 0 Å². The molecule has 2 rings (SSSR count). The van der Waals surface area contributed by atoms with Gasteiger partial charge in [-0.3, -0.25) is 14.4 Å². The summed E-state index contributed by atoms with van der Waals surface area (Å²) in [5.41, 5.74) is 0. The van der Waals surface area contributed by atoms with E-state index in [0.717, 1.165) is 6.42 Å². The molecule has 6 heteroatoms. The first-order valence-electron chi connectivity index (χ1n) is 6.39. The fraction of sp³-hybridized carbons (Fsp3) is 0.750. The molecular formula is C12H18N2O4. The second-order valence-corrected chi connectivity index (χ2v) is 5.04. The molecule has 1 aliphatic carbocycles. The second kappa shape index (κ2) is 5.37. The Morgan fingerprint density at radius 1 is 1.22 bits per heavy atom. The van der Waals surface area contributed by atoms with Gasteiger partial charge in [-0.05, 0) is 32.1 Å².